The van der Waals surface area contributed by atoms with E-state index in [2.05, 4.69) is 9.98 Å². The molecule has 1 aliphatic heterocycles. The van der Waals surface area contributed by atoms with E-state index in [0.717, 1.165) is 11.3 Å². The second-order valence-electron chi connectivity index (χ2n) is 5.67. The Balaban J connectivity index is 1.66. The maximum atomic E-state index is 12.7. The molecule has 0 atom stereocenters. The fraction of sp³-hybridized carbons (Fsp3) is 0.118. The number of pyridine rings is 1. The van der Waals surface area contributed by atoms with Crippen LogP contribution < -0.4 is 19.8 Å². The van der Waals surface area contributed by atoms with E-state index in [4.69, 9.17) is 0 Å². The molecule has 9 heteroatoms. The van der Waals surface area contributed by atoms with E-state index in [9.17, 15) is 14.9 Å². The van der Waals surface area contributed by atoms with Gasteiger partial charge in [-0.2, -0.15) is 0 Å². The van der Waals surface area contributed by atoms with E-state index in [1.165, 1.54) is 23.5 Å². The second-order valence-corrected chi connectivity index (χ2v) is 6.68. The molecule has 0 fully saturated rings. The van der Waals surface area contributed by atoms with Gasteiger partial charge in [0.05, 0.1) is 9.46 Å². The summed E-state index contributed by atoms with van der Waals surface area (Å²) in [4.78, 5) is 34.1. The summed E-state index contributed by atoms with van der Waals surface area (Å²) in [6, 6.07) is 9.93. The lowest BCUT2D eigenvalue weighted by Gasteiger charge is -2.25. The normalized spacial score (nSPS) is 14.0. The van der Waals surface area contributed by atoms with E-state index in [0.29, 0.717) is 22.7 Å². The molecular weight excluding hydrogens is 354 g/mol. The third kappa shape index (κ3) is 3.00. The number of thiazole rings is 1. The summed E-state index contributed by atoms with van der Waals surface area (Å²) in [7, 11) is 0. The molecule has 0 bridgehead atoms. The van der Waals surface area contributed by atoms with Gasteiger partial charge in [-0.25, -0.2) is 4.99 Å². The molecule has 0 saturated carbocycles. The fourth-order valence-electron chi connectivity index (χ4n) is 2.67. The highest BCUT2D eigenvalue weighted by Crippen LogP contribution is 2.20. The van der Waals surface area contributed by atoms with Crippen LogP contribution >= 0.6 is 11.3 Å². The Morgan fingerprint density at radius 1 is 1.23 bits per heavy atom. The Morgan fingerprint density at radius 3 is 2.73 bits per heavy atom. The number of benzene rings is 1. The molecule has 8 nitrogen and oxygen atoms in total. The lowest BCUT2D eigenvalue weighted by atomic mass is 10.2. The monoisotopic (exact) mass is 367 g/mol. The molecule has 1 aliphatic rings. The van der Waals surface area contributed by atoms with Crippen molar-refractivity contribution >= 4 is 28.8 Å². The molecule has 0 unspecified atom stereocenters. The van der Waals surface area contributed by atoms with Gasteiger partial charge in [0.15, 0.2) is 4.80 Å². The third-order valence-electron chi connectivity index (χ3n) is 3.98. The topological polar surface area (TPSA) is 93.6 Å². The minimum Gasteiger partial charge on any atom is -0.334 e. The van der Waals surface area contributed by atoms with Crippen molar-refractivity contribution in [2.45, 2.75) is 6.67 Å². The van der Waals surface area contributed by atoms with Crippen LogP contribution in [0.2, 0.25) is 0 Å². The summed E-state index contributed by atoms with van der Waals surface area (Å²) in [6.45, 7) is 0.747. The second kappa shape index (κ2) is 6.52. The number of nitro benzene ring substituents is 1. The molecule has 0 aliphatic carbocycles. The number of nitro groups is 1. The average molecular weight is 367 g/mol. The number of anilines is 1. The average Bonchev–Trinajstić information content (AvgIpc) is 2.98. The Labute approximate surface area is 151 Å². The first-order valence-electron chi connectivity index (χ1n) is 7.77. The van der Waals surface area contributed by atoms with Crippen LogP contribution in [0.4, 0.5) is 11.4 Å². The summed E-state index contributed by atoms with van der Waals surface area (Å²) in [6.07, 6.45) is 5.18. The quantitative estimate of drug-likeness (QED) is 0.510. The van der Waals surface area contributed by atoms with Crippen LogP contribution in [0.25, 0.3) is 6.08 Å². The van der Waals surface area contributed by atoms with Crippen molar-refractivity contribution in [3.8, 4) is 0 Å². The summed E-state index contributed by atoms with van der Waals surface area (Å²) in [5, 5.41) is 10.8. The number of fused-ring (bicyclic) bond motifs is 1. The van der Waals surface area contributed by atoms with Crippen molar-refractivity contribution in [3.05, 3.63) is 84.2 Å². The molecule has 0 saturated heterocycles. The molecule has 4 rings (SSSR count). The highest BCUT2D eigenvalue weighted by atomic mass is 32.1. The lowest BCUT2D eigenvalue weighted by molar-refractivity contribution is -0.384. The van der Waals surface area contributed by atoms with E-state index >= 15 is 0 Å². The van der Waals surface area contributed by atoms with Gasteiger partial charge in [-0.05, 0) is 29.8 Å². The third-order valence-corrected chi connectivity index (χ3v) is 5.03. The fourth-order valence-corrected chi connectivity index (χ4v) is 3.64. The molecule has 2 aromatic heterocycles. The Morgan fingerprint density at radius 2 is 2.04 bits per heavy atom. The van der Waals surface area contributed by atoms with Crippen molar-refractivity contribution in [1.82, 2.24) is 9.55 Å². The number of hydrogen-bond acceptors (Lipinski definition) is 7. The van der Waals surface area contributed by atoms with Crippen molar-refractivity contribution in [2.75, 3.05) is 11.6 Å². The van der Waals surface area contributed by atoms with Gasteiger partial charge in [0.2, 0.25) is 0 Å². The maximum Gasteiger partial charge on any atom is 0.271 e. The van der Waals surface area contributed by atoms with Crippen molar-refractivity contribution < 1.29 is 4.92 Å². The minimum absolute atomic E-state index is 0.0319. The largest absolute Gasteiger partial charge is 0.334 e. The van der Waals surface area contributed by atoms with E-state index in [-0.39, 0.29) is 11.2 Å². The smallest absolute Gasteiger partial charge is 0.271 e. The first-order valence-corrected chi connectivity index (χ1v) is 8.59. The van der Waals surface area contributed by atoms with Crippen molar-refractivity contribution in [1.29, 1.82) is 0 Å². The molecule has 3 heterocycles. The molecule has 0 amide bonds. The molecule has 3 aromatic rings. The molecule has 26 heavy (non-hydrogen) atoms. The zero-order chi connectivity index (χ0) is 18.1. The van der Waals surface area contributed by atoms with Crippen LogP contribution in [0.5, 0.6) is 0 Å². The van der Waals surface area contributed by atoms with Gasteiger partial charge in [0.1, 0.15) is 13.3 Å². The molecule has 0 radical (unpaired) electrons. The van der Waals surface area contributed by atoms with Crippen LogP contribution in [0.1, 0.15) is 5.56 Å². The Hall–Kier alpha value is -3.33. The highest BCUT2D eigenvalue weighted by Gasteiger charge is 2.16. The van der Waals surface area contributed by atoms with Gasteiger partial charge in [-0.15, -0.1) is 0 Å². The SMILES string of the molecule is O=c1/c(=C/c2cccnc2)sc2n1CN(c1ccc([N+](=O)[O-])cc1)CN=2. The van der Waals surface area contributed by atoms with Crippen LogP contribution in [0.3, 0.4) is 0 Å². The van der Waals surface area contributed by atoms with Crippen LogP contribution in [-0.4, -0.2) is 21.1 Å². The standard InChI is InChI=1S/C17H13N5O3S/c23-16-15(8-12-2-1-7-18-9-12)26-17-19-10-20(11-21(16)17)13-3-5-14(6-4-13)22(24)25/h1-9H,10-11H2/b15-8-. The Bertz CT molecular complexity index is 1140. The molecule has 0 spiro atoms. The van der Waals surface area contributed by atoms with Crippen LogP contribution in [-0.2, 0) is 6.67 Å². The van der Waals surface area contributed by atoms with Gasteiger partial charge in [0.25, 0.3) is 11.2 Å². The van der Waals surface area contributed by atoms with E-state index < -0.39 is 4.92 Å². The number of non-ortho nitro benzene ring substituents is 1. The van der Waals surface area contributed by atoms with Gasteiger partial charge in [-0.1, -0.05) is 17.4 Å². The van der Waals surface area contributed by atoms with Gasteiger partial charge in [0, 0.05) is 30.2 Å². The summed E-state index contributed by atoms with van der Waals surface area (Å²) < 4.78 is 2.21. The van der Waals surface area contributed by atoms with Crippen molar-refractivity contribution in [3.63, 3.8) is 0 Å². The number of rotatable bonds is 3. The molecular formula is C17H13N5O3S. The van der Waals surface area contributed by atoms with Crippen molar-refractivity contribution in [2.24, 2.45) is 4.99 Å². The van der Waals surface area contributed by atoms with Gasteiger partial charge < -0.3 is 4.90 Å². The van der Waals surface area contributed by atoms with Crippen LogP contribution in [0.15, 0.2) is 58.6 Å². The Kier molecular flexibility index (Phi) is 4.05. The highest BCUT2D eigenvalue weighted by molar-refractivity contribution is 7.07. The zero-order valence-electron chi connectivity index (χ0n) is 13.5. The summed E-state index contributed by atoms with van der Waals surface area (Å²) in [5.74, 6) is 0. The number of aromatic nitrogens is 2. The van der Waals surface area contributed by atoms with E-state index in [1.807, 2.05) is 17.0 Å². The summed E-state index contributed by atoms with van der Waals surface area (Å²) >= 11 is 1.34. The minimum atomic E-state index is -0.438. The van der Waals surface area contributed by atoms with Crippen LogP contribution in [0, 0.1) is 10.1 Å². The van der Waals surface area contributed by atoms with Gasteiger partial charge >= 0.3 is 0 Å². The number of hydrogen-bond donors (Lipinski definition) is 0. The zero-order valence-corrected chi connectivity index (χ0v) is 14.3. The first kappa shape index (κ1) is 16.2. The maximum absolute atomic E-state index is 12.7. The predicted molar refractivity (Wildman–Crippen MR) is 97.6 cm³/mol. The first-order chi connectivity index (χ1) is 12.6. The lowest BCUT2D eigenvalue weighted by Crippen LogP contribution is -2.42. The van der Waals surface area contributed by atoms with Gasteiger partial charge in [-0.3, -0.25) is 24.5 Å². The predicted octanol–water partition coefficient (Wildman–Crippen LogP) is 1.10. The summed E-state index contributed by atoms with van der Waals surface area (Å²) in [5.41, 5.74) is 1.56. The number of nitrogens with zero attached hydrogens (tertiary/aromatic N) is 5. The molecule has 130 valence electrons. The van der Waals surface area contributed by atoms with E-state index in [1.54, 1.807) is 35.2 Å². The molecule has 0 N–H and O–H groups in total. The molecule has 1 aromatic carbocycles.